The summed E-state index contributed by atoms with van der Waals surface area (Å²) in [6.07, 6.45) is 11.2. The molecule has 5 heterocycles. The monoisotopic (exact) mass is 347 g/mol. The molecule has 2 aromatic heterocycles. The highest BCUT2D eigenvalue weighted by Crippen LogP contribution is 2.49. The highest BCUT2D eigenvalue weighted by Gasteiger charge is 2.56. The number of phenolic OH excluding ortho intramolecular Hbond substituents is 1. The summed E-state index contributed by atoms with van der Waals surface area (Å²) < 4.78 is 8.59. The first kappa shape index (κ1) is 14.6. The molecule has 1 N–H and O–H groups in total. The number of aromatic hydroxyl groups is 1. The van der Waals surface area contributed by atoms with E-state index in [1.54, 1.807) is 12.1 Å². The Bertz CT molecular complexity index is 981. The van der Waals surface area contributed by atoms with Crippen molar-refractivity contribution < 1.29 is 9.84 Å². The summed E-state index contributed by atoms with van der Waals surface area (Å²) in [4.78, 5) is 7.00. The van der Waals surface area contributed by atoms with E-state index in [1.807, 2.05) is 29.1 Å². The molecule has 6 rings (SSSR count). The average molecular weight is 347 g/mol. The number of rotatable bonds is 3. The van der Waals surface area contributed by atoms with Crippen LogP contribution in [0.5, 0.6) is 11.5 Å². The van der Waals surface area contributed by atoms with Gasteiger partial charge in [-0.15, -0.1) is 0 Å². The normalized spacial score (nSPS) is 29.7. The topological polar surface area (TPSA) is 50.0 Å². The van der Waals surface area contributed by atoms with Crippen LogP contribution in [0, 0.1) is 0 Å². The Balaban J connectivity index is 1.37. The van der Waals surface area contributed by atoms with E-state index in [-0.39, 0.29) is 11.9 Å². The number of hydrogen-bond acceptors (Lipinski definition) is 4. The molecule has 5 heteroatoms. The lowest BCUT2D eigenvalue weighted by atomic mass is 9.91. The molecule has 0 bridgehead atoms. The van der Waals surface area contributed by atoms with Crippen molar-refractivity contribution in [2.75, 3.05) is 0 Å². The molecule has 4 atom stereocenters. The largest absolute Gasteiger partial charge is 0.508 e. The van der Waals surface area contributed by atoms with Crippen molar-refractivity contribution in [1.82, 2.24) is 14.3 Å². The number of fused-ring (bicyclic) bond motifs is 1. The number of aromatic nitrogens is 2. The molecule has 0 saturated carbocycles. The zero-order valence-electron chi connectivity index (χ0n) is 14.5. The Hall–Kier alpha value is -2.53. The molecule has 0 spiro atoms. The third-order valence-electron chi connectivity index (χ3n) is 6.47. The van der Waals surface area contributed by atoms with Gasteiger partial charge in [-0.25, -0.2) is 4.98 Å². The van der Waals surface area contributed by atoms with Crippen LogP contribution in [0.4, 0.5) is 0 Å². The maximum Gasteiger partial charge on any atom is 0.146 e. The molecule has 0 radical (unpaired) electrons. The van der Waals surface area contributed by atoms with E-state index in [0.717, 1.165) is 40.9 Å². The van der Waals surface area contributed by atoms with Crippen LogP contribution in [-0.2, 0) is 0 Å². The number of ether oxygens (including phenoxy) is 1. The predicted molar refractivity (Wildman–Crippen MR) is 98.4 cm³/mol. The van der Waals surface area contributed by atoms with Crippen LogP contribution in [0.15, 0.2) is 49.1 Å². The fraction of sp³-hybridized carbons (Fsp3) is 0.381. The zero-order valence-corrected chi connectivity index (χ0v) is 14.5. The molecule has 1 unspecified atom stereocenters. The van der Waals surface area contributed by atoms with E-state index < -0.39 is 0 Å². The smallest absolute Gasteiger partial charge is 0.146 e. The van der Waals surface area contributed by atoms with Crippen molar-refractivity contribution in [3.8, 4) is 22.6 Å². The highest BCUT2D eigenvalue weighted by atomic mass is 16.5. The van der Waals surface area contributed by atoms with Crippen molar-refractivity contribution in [1.29, 1.82) is 0 Å². The Morgan fingerprint density at radius 3 is 2.65 bits per heavy atom. The Morgan fingerprint density at radius 2 is 1.85 bits per heavy atom. The van der Waals surface area contributed by atoms with Crippen molar-refractivity contribution in [3.05, 3.63) is 49.1 Å². The van der Waals surface area contributed by atoms with Gasteiger partial charge in [0.15, 0.2) is 0 Å². The van der Waals surface area contributed by atoms with Crippen molar-refractivity contribution in [2.24, 2.45) is 0 Å². The van der Waals surface area contributed by atoms with Gasteiger partial charge in [-0.05, 0) is 43.0 Å². The average Bonchev–Trinajstić information content (AvgIpc) is 3.25. The second-order valence-corrected chi connectivity index (χ2v) is 7.85. The Labute approximate surface area is 151 Å². The number of pyridine rings is 1. The number of imidazole rings is 1. The van der Waals surface area contributed by atoms with Gasteiger partial charge in [0.25, 0.3) is 0 Å². The second-order valence-electron chi connectivity index (χ2n) is 7.85. The molecule has 26 heavy (non-hydrogen) atoms. The number of benzene rings is 1. The Morgan fingerprint density at radius 1 is 1.04 bits per heavy atom. The maximum atomic E-state index is 9.55. The molecular weight excluding hydrogens is 326 g/mol. The van der Waals surface area contributed by atoms with Gasteiger partial charge in [0, 0.05) is 36.3 Å². The summed E-state index contributed by atoms with van der Waals surface area (Å²) in [6.45, 7) is 0. The second kappa shape index (κ2) is 5.24. The molecule has 3 aromatic rings. The summed E-state index contributed by atoms with van der Waals surface area (Å²) in [5, 5.41) is 9.55. The van der Waals surface area contributed by atoms with Gasteiger partial charge in [0.05, 0.1) is 12.5 Å². The number of phenols is 1. The van der Waals surface area contributed by atoms with Gasteiger partial charge >= 0.3 is 0 Å². The fourth-order valence-electron chi connectivity index (χ4n) is 5.23. The molecule has 132 valence electrons. The molecule has 3 saturated heterocycles. The minimum atomic E-state index is 0.278. The standard InChI is InChI=1S/C21H21N3O2/c25-17-5-1-13(2-6-17)14-7-20(19-10-22-12-23(19)11-14)26-21-9-16-4-3-15-8-18(21)24(15)16/h1-2,5-7,10-12,15-16,18,21,25H,3-4,8-9H2/t15-,16+,18?,21+/m0/s1. The van der Waals surface area contributed by atoms with Crippen LogP contribution in [0.1, 0.15) is 25.7 Å². The lowest BCUT2D eigenvalue weighted by molar-refractivity contribution is 0.0168. The third-order valence-corrected chi connectivity index (χ3v) is 6.47. The van der Waals surface area contributed by atoms with Gasteiger partial charge in [-0.2, -0.15) is 0 Å². The molecule has 5 nitrogen and oxygen atoms in total. The first-order valence-corrected chi connectivity index (χ1v) is 9.45. The minimum absolute atomic E-state index is 0.278. The molecule has 3 aliphatic heterocycles. The van der Waals surface area contributed by atoms with Crippen LogP contribution in [0.3, 0.4) is 0 Å². The predicted octanol–water partition coefficient (Wildman–Crippen LogP) is 3.46. The lowest BCUT2D eigenvalue weighted by Crippen LogP contribution is -2.54. The molecule has 3 aliphatic rings. The van der Waals surface area contributed by atoms with E-state index in [2.05, 4.69) is 22.1 Å². The highest BCUT2D eigenvalue weighted by molar-refractivity contribution is 5.71. The van der Waals surface area contributed by atoms with Crippen LogP contribution >= 0.6 is 0 Å². The van der Waals surface area contributed by atoms with Gasteiger partial charge in [0.1, 0.15) is 23.1 Å². The van der Waals surface area contributed by atoms with Crippen molar-refractivity contribution in [2.45, 2.75) is 49.9 Å². The van der Waals surface area contributed by atoms with Crippen LogP contribution < -0.4 is 4.74 Å². The first-order valence-electron chi connectivity index (χ1n) is 9.45. The third kappa shape index (κ3) is 2.04. The quantitative estimate of drug-likeness (QED) is 0.788. The summed E-state index contributed by atoms with van der Waals surface area (Å²) in [5.74, 6) is 1.18. The van der Waals surface area contributed by atoms with Gasteiger partial charge in [-0.1, -0.05) is 12.1 Å². The van der Waals surface area contributed by atoms with Gasteiger partial charge in [-0.3, -0.25) is 4.90 Å². The summed E-state index contributed by atoms with van der Waals surface area (Å²) in [5.41, 5.74) is 3.13. The summed E-state index contributed by atoms with van der Waals surface area (Å²) >= 11 is 0. The Kier molecular flexibility index (Phi) is 2.95. The van der Waals surface area contributed by atoms with Crippen molar-refractivity contribution in [3.63, 3.8) is 0 Å². The number of hydrogen-bond donors (Lipinski definition) is 1. The van der Waals surface area contributed by atoms with E-state index in [9.17, 15) is 5.11 Å². The van der Waals surface area contributed by atoms with E-state index >= 15 is 0 Å². The summed E-state index contributed by atoms with van der Waals surface area (Å²) in [7, 11) is 0. The lowest BCUT2D eigenvalue weighted by Gasteiger charge is -2.43. The maximum absolute atomic E-state index is 9.55. The molecule has 1 aromatic carbocycles. The number of nitrogens with zero attached hydrogens (tertiary/aromatic N) is 3. The van der Waals surface area contributed by atoms with Crippen molar-refractivity contribution >= 4 is 5.52 Å². The fourth-order valence-corrected chi connectivity index (χ4v) is 5.23. The zero-order chi connectivity index (χ0) is 17.3. The molecule has 0 amide bonds. The van der Waals surface area contributed by atoms with Crippen LogP contribution in [-0.4, -0.2) is 43.6 Å². The molecular formula is C21H21N3O2. The summed E-state index contributed by atoms with van der Waals surface area (Å²) in [6, 6.07) is 11.5. The van der Waals surface area contributed by atoms with Gasteiger partial charge < -0.3 is 14.2 Å². The van der Waals surface area contributed by atoms with E-state index in [4.69, 9.17) is 4.74 Å². The van der Waals surface area contributed by atoms with Crippen LogP contribution in [0.25, 0.3) is 16.6 Å². The SMILES string of the molecule is Oc1ccc(-c2cc(O[C@@H]3C[C@H]4CC[C@H]5CC3N45)c3cncn3c2)cc1. The van der Waals surface area contributed by atoms with Gasteiger partial charge in [0.2, 0.25) is 0 Å². The molecule has 0 aliphatic carbocycles. The first-order chi connectivity index (χ1) is 12.8. The molecule has 3 fully saturated rings. The van der Waals surface area contributed by atoms with E-state index in [1.165, 1.54) is 19.3 Å². The minimum Gasteiger partial charge on any atom is -0.508 e. The van der Waals surface area contributed by atoms with Crippen LogP contribution in [0.2, 0.25) is 0 Å². The van der Waals surface area contributed by atoms with E-state index in [0.29, 0.717) is 6.04 Å².